The van der Waals surface area contributed by atoms with Crippen molar-refractivity contribution in [3.05, 3.63) is 24.4 Å². The summed E-state index contributed by atoms with van der Waals surface area (Å²) in [5, 5.41) is 12.8. The fraction of sp³-hybridized carbons (Fsp3) is 0.538. The molecular weight excluding hydrogens is 260 g/mol. The highest BCUT2D eigenvalue weighted by Crippen LogP contribution is 2.23. The van der Waals surface area contributed by atoms with Crippen LogP contribution in [-0.4, -0.2) is 46.7 Å². The number of pyridine rings is 1. The van der Waals surface area contributed by atoms with Gasteiger partial charge in [-0.1, -0.05) is 17.8 Å². The molecule has 0 saturated carbocycles. The lowest BCUT2D eigenvalue weighted by Crippen LogP contribution is -2.36. The van der Waals surface area contributed by atoms with E-state index < -0.39 is 0 Å². The molecule has 1 aliphatic rings. The first-order valence-corrected chi connectivity index (χ1v) is 7.54. The molecule has 0 radical (unpaired) electrons. The Morgan fingerprint density at radius 3 is 3.26 bits per heavy atom. The lowest BCUT2D eigenvalue weighted by atomic mass is 10.0. The Morgan fingerprint density at radius 2 is 2.47 bits per heavy atom. The topological polar surface area (TPSA) is 51.5 Å². The number of hydrogen-bond acceptors (Lipinski definition) is 5. The summed E-state index contributed by atoms with van der Waals surface area (Å²) >= 11 is 1.75. The third kappa shape index (κ3) is 2.75. The molecule has 1 aliphatic heterocycles. The van der Waals surface area contributed by atoms with Gasteiger partial charge < -0.3 is 10.1 Å². The monoisotopic (exact) mass is 278 g/mol. The fourth-order valence-corrected chi connectivity index (χ4v) is 3.57. The van der Waals surface area contributed by atoms with Crippen LogP contribution in [0.2, 0.25) is 0 Å². The second kappa shape index (κ2) is 5.90. The molecule has 5 nitrogen and oxygen atoms in total. The van der Waals surface area contributed by atoms with E-state index in [-0.39, 0.29) is 0 Å². The zero-order chi connectivity index (χ0) is 13.1. The first kappa shape index (κ1) is 12.9. The predicted octanol–water partition coefficient (Wildman–Crippen LogP) is 1.45. The molecule has 0 aliphatic carbocycles. The van der Waals surface area contributed by atoms with Crippen molar-refractivity contribution in [1.82, 2.24) is 19.9 Å². The molecule has 19 heavy (non-hydrogen) atoms. The molecule has 6 heteroatoms. The number of fused-ring (bicyclic) bond motifs is 1. The average Bonchev–Trinajstić information content (AvgIpc) is 3.09. The average molecular weight is 278 g/mol. The smallest absolute Gasteiger partial charge is 0.195 e. The summed E-state index contributed by atoms with van der Waals surface area (Å²) in [7, 11) is 2.02. The zero-order valence-electron chi connectivity index (χ0n) is 11.0. The second-order valence-electron chi connectivity index (χ2n) is 4.74. The van der Waals surface area contributed by atoms with Crippen molar-refractivity contribution in [3.8, 4) is 0 Å². The van der Waals surface area contributed by atoms with E-state index in [1.807, 2.05) is 35.8 Å². The fourth-order valence-electron chi connectivity index (χ4n) is 2.41. The maximum atomic E-state index is 5.46. The highest BCUT2D eigenvalue weighted by Gasteiger charge is 2.25. The van der Waals surface area contributed by atoms with Crippen LogP contribution in [-0.2, 0) is 4.74 Å². The van der Waals surface area contributed by atoms with Gasteiger partial charge >= 0.3 is 0 Å². The summed E-state index contributed by atoms with van der Waals surface area (Å²) in [4.78, 5) is 0. The lowest BCUT2D eigenvalue weighted by Gasteiger charge is -2.20. The summed E-state index contributed by atoms with van der Waals surface area (Å²) in [6.45, 7) is 1.76. The van der Waals surface area contributed by atoms with Crippen LogP contribution in [0.3, 0.4) is 0 Å². The molecule has 2 atom stereocenters. The van der Waals surface area contributed by atoms with Gasteiger partial charge in [-0.15, -0.1) is 10.2 Å². The maximum absolute atomic E-state index is 5.46. The Balaban J connectivity index is 1.67. The minimum absolute atomic E-state index is 0.462. The van der Waals surface area contributed by atoms with Gasteiger partial charge in [-0.05, 0) is 25.6 Å². The van der Waals surface area contributed by atoms with E-state index in [1.165, 1.54) is 0 Å². The highest BCUT2D eigenvalue weighted by molar-refractivity contribution is 7.99. The molecule has 3 rings (SSSR count). The molecule has 102 valence electrons. The van der Waals surface area contributed by atoms with E-state index in [0.717, 1.165) is 36.2 Å². The van der Waals surface area contributed by atoms with Crippen LogP contribution >= 0.6 is 11.8 Å². The van der Waals surface area contributed by atoms with Crippen LogP contribution in [0.15, 0.2) is 29.6 Å². The van der Waals surface area contributed by atoms with Crippen molar-refractivity contribution >= 4 is 17.4 Å². The molecule has 0 aromatic carbocycles. The van der Waals surface area contributed by atoms with E-state index in [9.17, 15) is 0 Å². The second-order valence-corrected chi connectivity index (χ2v) is 5.73. The SMILES string of the molecule is CNC(CSc1nnc2ccccn12)C1CCOC1. The molecule has 1 fully saturated rings. The quantitative estimate of drug-likeness (QED) is 0.839. The molecule has 0 amide bonds. The number of aromatic nitrogens is 3. The molecule has 0 bridgehead atoms. The Bertz CT molecular complexity index is 538. The first-order chi connectivity index (χ1) is 9.38. The van der Waals surface area contributed by atoms with Gasteiger partial charge in [0.2, 0.25) is 0 Å². The highest BCUT2D eigenvalue weighted by atomic mass is 32.2. The summed E-state index contributed by atoms with van der Waals surface area (Å²) in [5.74, 6) is 1.59. The molecule has 2 aromatic heterocycles. The maximum Gasteiger partial charge on any atom is 0.195 e. The Kier molecular flexibility index (Phi) is 4.00. The largest absolute Gasteiger partial charge is 0.381 e. The van der Waals surface area contributed by atoms with E-state index >= 15 is 0 Å². The van der Waals surface area contributed by atoms with E-state index in [0.29, 0.717) is 12.0 Å². The first-order valence-electron chi connectivity index (χ1n) is 6.56. The van der Waals surface area contributed by atoms with Crippen LogP contribution in [0.25, 0.3) is 5.65 Å². The summed E-state index contributed by atoms with van der Waals surface area (Å²) in [5.41, 5.74) is 0.898. The van der Waals surface area contributed by atoms with Crippen molar-refractivity contribution < 1.29 is 4.74 Å². The lowest BCUT2D eigenvalue weighted by molar-refractivity contribution is 0.179. The van der Waals surface area contributed by atoms with Gasteiger partial charge in [-0.25, -0.2) is 0 Å². The number of thioether (sulfide) groups is 1. The van der Waals surface area contributed by atoms with Crippen molar-refractivity contribution in [3.63, 3.8) is 0 Å². The van der Waals surface area contributed by atoms with Gasteiger partial charge in [0.1, 0.15) is 0 Å². The van der Waals surface area contributed by atoms with Crippen molar-refractivity contribution in [2.75, 3.05) is 26.0 Å². The van der Waals surface area contributed by atoms with Crippen molar-refractivity contribution in [2.45, 2.75) is 17.6 Å². The van der Waals surface area contributed by atoms with E-state index in [4.69, 9.17) is 4.74 Å². The van der Waals surface area contributed by atoms with Gasteiger partial charge in [0.05, 0.1) is 6.61 Å². The minimum atomic E-state index is 0.462. The summed E-state index contributed by atoms with van der Waals surface area (Å²) in [6.07, 6.45) is 3.15. The van der Waals surface area contributed by atoms with E-state index in [1.54, 1.807) is 11.8 Å². The van der Waals surface area contributed by atoms with Gasteiger partial charge in [0.25, 0.3) is 0 Å². The molecule has 0 spiro atoms. The Morgan fingerprint density at radius 1 is 1.53 bits per heavy atom. The molecule has 3 heterocycles. The predicted molar refractivity (Wildman–Crippen MR) is 75.5 cm³/mol. The molecule has 1 saturated heterocycles. The zero-order valence-corrected chi connectivity index (χ0v) is 11.8. The summed E-state index contributed by atoms with van der Waals surface area (Å²) in [6, 6.07) is 6.41. The molecular formula is C13H18N4OS. The van der Waals surface area contributed by atoms with Gasteiger partial charge in [-0.3, -0.25) is 4.40 Å². The normalized spacial score (nSPS) is 21.0. The molecule has 1 N–H and O–H groups in total. The van der Waals surface area contributed by atoms with Gasteiger partial charge in [0, 0.05) is 30.5 Å². The van der Waals surface area contributed by atoms with Crippen LogP contribution in [0, 0.1) is 5.92 Å². The van der Waals surface area contributed by atoms with Gasteiger partial charge in [-0.2, -0.15) is 0 Å². The molecule has 2 unspecified atom stereocenters. The van der Waals surface area contributed by atoms with Crippen molar-refractivity contribution in [1.29, 1.82) is 0 Å². The Hall–Kier alpha value is -1.11. The van der Waals surface area contributed by atoms with Gasteiger partial charge in [0.15, 0.2) is 10.8 Å². The number of ether oxygens (including phenoxy) is 1. The molecule has 2 aromatic rings. The summed E-state index contributed by atoms with van der Waals surface area (Å²) < 4.78 is 7.50. The van der Waals surface area contributed by atoms with Crippen molar-refractivity contribution in [2.24, 2.45) is 5.92 Å². The van der Waals surface area contributed by atoms with Crippen LogP contribution in [0.4, 0.5) is 0 Å². The van der Waals surface area contributed by atoms with Crippen LogP contribution < -0.4 is 5.32 Å². The minimum Gasteiger partial charge on any atom is -0.381 e. The van der Waals surface area contributed by atoms with Crippen LogP contribution in [0.1, 0.15) is 6.42 Å². The third-order valence-electron chi connectivity index (χ3n) is 3.58. The number of hydrogen-bond donors (Lipinski definition) is 1. The number of nitrogens with one attached hydrogen (secondary N) is 1. The standard InChI is InChI=1S/C13H18N4OS/c1-14-11(10-5-7-18-8-10)9-19-13-16-15-12-4-2-3-6-17(12)13/h2-4,6,10-11,14H,5,7-9H2,1H3. The number of nitrogens with zero attached hydrogens (tertiary/aromatic N) is 3. The van der Waals surface area contributed by atoms with Crippen LogP contribution in [0.5, 0.6) is 0 Å². The number of rotatable bonds is 5. The Labute approximate surface area is 116 Å². The van der Waals surface area contributed by atoms with E-state index in [2.05, 4.69) is 15.5 Å². The third-order valence-corrected chi connectivity index (χ3v) is 4.64.